The molecule has 3 nitrogen and oxygen atoms in total. The highest BCUT2D eigenvalue weighted by Gasteiger charge is 1.97. The van der Waals surface area contributed by atoms with Crippen molar-refractivity contribution >= 4 is 0 Å². The lowest BCUT2D eigenvalue weighted by Gasteiger charge is -2.05. The molecule has 0 spiro atoms. The van der Waals surface area contributed by atoms with Crippen molar-refractivity contribution in [3.8, 4) is 5.69 Å². The van der Waals surface area contributed by atoms with Crippen LogP contribution in [0.25, 0.3) is 5.69 Å². The molecule has 0 radical (unpaired) electrons. The third kappa shape index (κ3) is 1.97. The number of rotatable bonds is 2. The Labute approximate surface area is 87.8 Å². The summed E-state index contributed by atoms with van der Waals surface area (Å²) in [7, 11) is 0. The molecule has 2 aromatic rings. The first kappa shape index (κ1) is 9.68. The van der Waals surface area contributed by atoms with Crippen molar-refractivity contribution in [2.24, 2.45) is 5.73 Å². The van der Waals surface area contributed by atoms with Crippen LogP contribution in [-0.2, 0) is 6.54 Å². The van der Waals surface area contributed by atoms with Crippen LogP contribution in [0.5, 0.6) is 0 Å². The number of nitrogens with zero attached hydrogens (tertiary/aromatic N) is 1. The molecule has 1 aromatic heterocycles. The molecule has 0 aliphatic heterocycles. The van der Waals surface area contributed by atoms with E-state index in [1.54, 1.807) is 16.8 Å². The van der Waals surface area contributed by atoms with Gasteiger partial charge in [-0.05, 0) is 23.8 Å². The molecule has 0 unspecified atom stereocenters. The van der Waals surface area contributed by atoms with Gasteiger partial charge >= 0.3 is 0 Å². The smallest absolute Gasteiger partial charge is 0.255 e. The number of benzene rings is 1. The minimum absolute atomic E-state index is 0.0296. The van der Waals surface area contributed by atoms with Gasteiger partial charge in [-0.1, -0.05) is 18.2 Å². The number of nitrogens with two attached hydrogens (primary N) is 1. The molecular formula is C12H12N2O. The first-order chi connectivity index (χ1) is 7.31. The molecule has 0 aliphatic carbocycles. The monoisotopic (exact) mass is 200 g/mol. The molecule has 0 saturated carbocycles. The van der Waals surface area contributed by atoms with Gasteiger partial charge in [0.2, 0.25) is 0 Å². The van der Waals surface area contributed by atoms with Crippen LogP contribution in [0.2, 0.25) is 0 Å². The van der Waals surface area contributed by atoms with E-state index in [1.807, 2.05) is 30.3 Å². The fourth-order valence-corrected chi connectivity index (χ4v) is 1.43. The van der Waals surface area contributed by atoms with Gasteiger partial charge in [0.25, 0.3) is 5.56 Å². The molecule has 0 bridgehead atoms. The summed E-state index contributed by atoms with van der Waals surface area (Å²) in [4.78, 5) is 11.5. The number of pyridine rings is 1. The molecule has 0 atom stereocenters. The second kappa shape index (κ2) is 4.11. The maximum atomic E-state index is 11.5. The quantitative estimate of drug-likeness (QED) is 0.794. The van der Waals surface area contributed by atoms with Crippen molar-refractivity contribution in [1.82, 2.24) is 4.57 Å². The van der Waals surface area contributed by atoms with Gasteiger partial charge in [-0.15, -0.1) is 0 Å². The summed E-state index contributed by atoms with van der Waals surface area (Å²) >= 11 is 0. The van der Waals surface area contributed by atoms with Gasteiger partial charge in [0.15, 0.2) is 0 Å². The van der Waals surface area contributed by atoms with Gasteiger partial charge in [0, 0.05) is 24.5 Å². The molecule has 0 fully saturated rings. The number of hydrogen-bond acceptors (Lipinski definition) is 2. The summed E-state index contributed by atoms with van der Waals surface area (Å²) in [5.74, 6) is 0. The average Bonchev–Trinajstić information content (AvgIpc) is 2.30. The third-order valence-electron chi connectivity index (χ3n) is 2.27. The van der Waals surface area contributed by atoms with Crippen LogP contribution in [0.4, 0.5) is 0 Å². The van der Waals surface area contributed by atoms with Crippen LogP contribution in [-0.4, -0.2) is 4.57 Å². The Morgan fingerprint density at radius 3 is 2.40 bits per heavy atom. The Balaban J connectivity index is 2.46. The molecule has 2 rings (SSSR count). The normalized spacial score (nSPS) is 10.2. The highest BCUT2D eigenvalue weighted by Crippen LogP contribution is 2.06. The summed E-state index contributed by atoms with van der Waals surface area (Å²) < 4.78 is 1.60. The predicted octanol–water partition coefficient (Wildman–Crippen LogP) is 1.30. The van der Waals surface area contributed by atoms with Crippen LogP contribution in [0.15, 0.2) is 53.5 Å². The summed E-state index contributed by atoms with van der Waals surface area (Å²) in [5.41, 5.74) is 7.39. The lowest BCUT2D eigenvalue weighted by molar-refractivity contribution is 0.983. The van der Waals surface area contributed by atoms with Gasteiger partial charge in [-0.3, -0.25) is 9.36 Å². The predicted molar refractivity (Wildman–Crippen MR) is 59.9 cm³/mol. The molecule has 0 amide bonds. The van der Waals surface area contributed by atoms with E-state index in [1.165, 1.54) is 6.07 Å². The van der Waals surface area contributed by atoms with Crippen molar-refractivity contribution < 1.29 is 0 Å². The average molecular weight is 200 g/mol. The molecule has 3 heteroatoms. The van der Waals surface area contributed by atoms with Gasteiger partial charge in [-0.2, -0.15) is 0 Å². The molecule has 0 aliphatic rings. The molecule has 15 heavy (non-hydrogen) atoms. The molecule has 1 aromatic carbocycles. The van der Waals surface area contributed by atoms with Gasteiger partial charge < -0.3 is 5.73 Å². The van der Waals surface area contributed by atoms with Crippen LogP contribution in [0.3, 0.4) is 0 Å². The van der Waals surface area contributed by atoms with E-state index in [4.69, 9.17) is 5.73 Å². The summed E-state index contributed by atoms with van der Waals surface area (Å²) in [6, 6.07) is 12.7. The van der Waals surface area contributed by atoms with Crippen LogP contribution < -0.4 is 11.3 Å². The van der Waals surface area contributed by atoms with E-state index in [0.29, 0.717) is 6.54 Å². The molecular weight excluding hydrogens is 188 g/mol. The van der Waals surface area contributed by atoms with E-state index in [2.05, 4.69) is 0 Å². The summed E-state index contributed by atoms with van der Waals surface area (Å²) in [5, 5.41) is 0. The summed E-state index contributed by atoms with van der Waals surface area (Å²) in [6.45, 7) is 0.518. The van der Waals surface area contributed by atoms with Gasteiger partial charge in [0.05, 0.1) is 0 Å². The van der Waals surface area contributed by atoms with Gasteiger partial charge in [-0.25, -0.2) is 0 Å². The Morgan fingerprint density at radius 1 is 1.07 bits per heavy atom. The van der Waals surface area contributed by atoms with Crippen LogP contribution in [0, 0.1) is 0 Å². The third-order valence-corrected chi connectivity index (χ3v) is 2.27. The lowest BCUT2D eigenvalue weighted by atomic mass is 10.2. The van der Waals surface area contributed by atoms with E-state index >= 15 is 0 Å². The SMILES string of the molecule is NCc1ccc(-n2ccccc2=O)cc1. The molecule has 0 saturated heterocycles. The van der Waals surface area contributed by atoms with E-state index < -0.39 is 0 Å². The molecule has 2 N–H and O–H groups in total. The van der Waals surface area contributed by atoms with E-state index in [9.17, 15) is 4.79 Å². The van der Waals surface area contributed by atoms with Crippen molar-refractivity contribution in [3.63, 3.8) is 0 Å². The molecule has 76 valence electrons. The maximum absolute atomic E-state index is 11.5. The first-order valence-corrected chi connectivity index (χ1v) is 4.78. The zero-order valence-corrected chi connectivity index (χ0v) is 8.26. The highest BCUT2D eigenvalue weighted by atomic mass is 16.1. The van der Waals surface area contributed by atoms with E-state index in [-0.39, 0.29) is 5.56 Å². The fourth-order valence-electron chi connectivity index (χ4n) is 1.43. The second-order valence-electron chi connectivity index (χ2n) is 3.28. The number of hydrogen-bond donors (Lipinski definition) is 1. The van der Waals surface area contributed by atoms with Crippen molar-refractivity contribution in [2.75, 3.05) is 0 Å². The van der Waals surface area contributed by atoms with Crippen molar-refractivity contribution in [1.29, 1.82) is 0 Å². The van der Waals surface area contributed by atoms with E-state index in [0.717, 1.165) is 11.3 Å². The largest absolute Gasteiger partial charge is 0.326 e. The van der Waals surface area contributed by atoms with Gasteiger partial charge in [0.1, 0.15) is 0 Å². The fraction of sp³-hybridized carbons (Fsp3) is 0.0833. The Morgan fingerprint density at radius 2 is 1.80 bits per heavy atom. The van der Waals surface area contributed by atoms with Crippen LogP contribution in [0.1, 0.15) is 5.56 Å². The minimum Gasteiger partial charge on any atom is -0.326 e. The van der Waals surface area contributed by atoms with Crippen molar-refractivity contribution in [3.05, 3.63) is 64.6 Å². The maximum Gasteiger partial charge on any atom is 0.255 e. The Bertz CT molecular complexity index is 500. The second-order valence-corrected chi connectivity index (χ2v) is 3.28. The zero-order chi connectivity index (χ0) is 10.7. The van der Waals surface area contributed by atoms with Crippen LogP contribution >= 0.6 is 0 Å². The summed E-state index contributed by atoms with van der Waals surface area (Å²) in [6.07, 6.45) is 1.75. The minimum atomic E-state index is -0.0296. The topological polar surface area (TPSA) is 48.0 Å². The lowest BCUT2D eigenvalue weighted by Crippen LogP contribution is -2.15. The highest BCUT2D eigenvalue weighted by molar-refractivity contribution is 5.34. The Hall–Kier alpha value is -1.87. The standard InChI is InChI=1S/C12H12N2O/c13-9-10-4-6-11(7-5-10)14-8-2-1-3-12(14)15/h1-8H,9,13H2. The zero-order valence-electron chi connectivity index (χ0n) is 8.26. The Kier molecular flexibility index (Phi) is 2.65. The number of aromatic nitrogens is 1. The first-order valence-electron chi connectivity index (χ1n) is 4.78. The molecule has 1 heterocycles. The van der Waals surface area contributed by atoms with Crippen molar-refractivity contribution in [2.45, 2.75) is 6.54 Å².